The lowest BCUT2D eigenvalue weighted by Gasteiger charge is -2.36. The van der Waals surface area contributed by atoms with Crippen molar-refractivity contribution in [2.45, 2.75) is 31.6 Å². The standard InChI is InChI=1S/C11H19N3O6/c1-6-3-14(4-7(5-15)20-6)11(19)13-8(10(17)18)2-9(12)16/h6-8,15H,2-5H2,1H3,(H2,12,16)(H,13,19)(H,17,18). The molecule has 0 aromatic rings. The molecule has 1 aliphatic rings. The van der Waals surface area contributed by atoms with Gasteiger partial charge in [-0.3, -0.25) is 4.79 Å². The Morgan fingerprint density at radius 3 is 2.60 bits per heavy atom. The second kappa shape index (κ2) is 7.06. The number of ether oxygens (including phenoxy) is 1. The van der Waals surface area contributed by atoms with E-state index in [9.17, 15) is 14.4 Å². The van der Waals surface area contributed by atoms with Crippen molar-refractivity contribution in [3.8, 4) is 0 Å². The first-order valence-corrected chi connectivity index (χ1v) is 6.16. The van der Waals surface area contributed by atoms with Gasteiger partial charge in [-0.1, -0.05) is 0 Å². The van der Waals surface area contributed by atoms with Crippen molar-refractivity contribution >= 4 is 17.9 Å². The summed E-state index contributed by atoms with van der Waals surface area (Å²) < 4.78 is 5.37. The van der Waals surface area contributed by atoms with Gasteiger partial charge in [0.05, 0.1) is 31.8 Å². The smallest absolute Gasteiger partial charge is 0.326 e. The van der Waals surface area contributed by atoms with Gasteiger partial charge in [0.15, 0.2) is 0 Å². The van der Waals surface area contributed by atoms with Crippen LogP contribution in [0.1, 0.15) is 13.3 Å². The SMILES string of the molecule is CC1CN(C(=O)NC(CC(N)=O)C(=O)O)CC(CO)O1. The molecule has 3 atom stereocenters. The van der Waals surface area contributed by atoms with Gasteiger partial charge in [0, 0.05) is 6.54 Å². The summed E-state index contributed by atoms with van der Waals surface area (Å²) in [6.45, 7) is 1.92. The lowest BCUT2D eigenvalue weighted by Crippen LogP contribution is -2.56. The molecule has 1 rings (SSSR count). The third kappa shape index (κ3) is 4.67. The minimum atomic E-state index is -1.37. The number of hydrogen-bond donors (Lipinski definition) is 4. The quantitative estimate of drug-likeness (QED) is 0.466. The molecule has 1 heterocycles. The van der Waals surface area contributed by atoms with Crippen LogP contribution in [0.15, 0.2) is 0 Å². The van der Waals surface area contributed by atoms with Crippen molar-refractivity contribution in [1.82, 2.24) is 10.2 Å². The molecule has 3 amide bonds. The minimum absolute atomic E-state index is 0.148. The average Bonchev–Trinajstić information content (AvgIpc) is 2.36. The molecular formula is C11H19N3O6. The largest absolute Gasteiger partial charge is 0.480 e. The Bertz CT molecular complexity index is 388. The number of carboxylic acids is 1. The van der Waals surface area contributed by atoms with E-state index in [4.69, 9.17) is 20.7 Å². The first kappa shape index (κ1) is 16.2. The Balaban J connectivity index is 2.63. The maximum absolute atomic E-state index is 12.0. The topological polar surface area (TPSA) is 142 Å². The molecule has 1 fully saturated rings. The highest BCUT2D eigenvalue weighted by Gasteiger charge is 2.30. The van der Waals surface area contributed by atoms with E-state index in [2.05, 4.69) is 5.32 Å². The lowest BCUT2D eigenvalue weighted by molar-refractivity contribution is -0.141. The van der Waals surface area contributed by atoms with Crippen LogP contribution in [0.2, 0.25) is 0 Å². The van der Waals surface area contributed by atoms with E-state index in [-0.39, 0.29) is 25.8 Å². The number of nitrogens with zero attached hydrogens (tertiary/aromatic N) is 1. The van der Waals surface area contributed by atoms with Crippen LogP contribution in [0.25, 0.3) is 0 Å². The molecule has 0 spiro atoms. The number of hydrogen-bond acceptors (Lipinski definition) is 5. The van der Waals surface area contributed by atoms with Crippen LogP contribution in [-0.4, -0.2) is 71.0 Å². The first-order chi connectivity index (χ1) is 9.33. The third-order valence-electron chi connectivity index (χ3n) is 2.82. The van der Waals surface area contributed by atoms with E-state index < -0.39 is 36.5 Å². The second-order valence-corrected chi connectivity index (χ2v) is 4.67. The number of aliphatic hydroxyl groups excluding tert-OH is 1. The molecular weight excluding hydrogens is 270 g/mol. The van der Waals surface area contributed by atoms with E-state index in [1.807, 2.05) is 0 Å². The highest BCUT2D eigenvalue weighted by molar-refractivity contribution is 5.87. The second-order valence-electron chi connectivity index (χ2n) is 4.67. The number of rotatable bonds is 5. The Morgan fingerprint density at radius 1 is 1.45 bits per heavy atom. The lowest BCUT2D eigenvalue weighted by atomic mass is 10.2. The summed E-state index contributed by atoms with van der Waals surface area (Å²) in [6.07, 6.45) is -1.26. The van der Waals surface area contributed by atoms with Gasteiger partial charge >= 0.3 is 12.0 Å². The van der Waals surface area contributed by atoms with Crippen LogP contribution in [0, 0.1) is 0 Å². The number of carbonyl (C=O) groups excluding carboxylic acids is 2. The fourth-order valence-corrected chi connectivity index (χ4v) is 1.95. The van der Waals surface area contributed by atoms with Gasteiger partial charge in [-0.25, -0.2) is 9.59 Å². The summed E-state index contributed by atoms with van der Waals surface area (Å²) >= 11 is 0. The van der Waals surface area contributed by atoms with Crippen molar-refractivity contribution < 1.29 is 29.3 Å². The average molecular weight is 289 g/mol. The van der Waals surface area contributed by atoms with Gasteiger partial charge in [-0.2, -0.15) is 0 Å². The molecule has 114 valence electrons. The fraction of sp³-hybridized carbons (Fsp3) is 0.727. The number of nitrogens with one attached hydrogen (secondary N) is 1. The number of aliphatic hydroxyl groups is 1. The number of carboxylic acid groups (broad SMARTS) is 1. The van der Waals surface area contributed by atoms with Crippen molar-refractivity contribution in [3.63, 3.8) is 0 Å². The molecule has 0 radical (unpaired) electrons. The van der Waals surface area contributed by atoms with E-state index in [0.717, 1.165) is 0 Å². The maximum atomic E-state index is 12.0. The van der Waals surface area contributed by atoms with Crippen LogP contribution in [-0.2, 0) is 14.3 Å². The number of urea groups is 1. The zero-order chi connectivity index (χ0) is 15.3. The molecule has 5 N–H and O–H groups in total. The Morgan fingerprint density at radius 2 is 2.10 bits per heavy atom. The van der Waals surface area contributed by atoms with Gasteiger partial charge in [0.2, 0.25) is 5.91 Å². The summed E-state index contributed by atoms with van der Waals surface area (Å²) in [6, 6.07) is -2.00. The van der Waals surface area contributed by atoms with Crippen LogP contribution < -0.4 is 11.1 Å². The zero-order valence-electron chi connectivity index (χ0n) is 11.1. The molecule has 0 aliphatic carbocycles. The van der Waals surface area contributed by atoms with Gasteiger partial charge < -0.3 is 30.9 Å². The normalized spacial score (nSPS) is 24.0. The van der Waals surface area contributed by atoms with Crippen molar-refractivity contribution in [2.24, 2.45) is 5.73 Å². The highest BCUT2D eigenvalue weighted by atomic mass is 16.5. The van der Waals surface area contributed by atoms with Gasteiger partial charge in [0.25, 0.3) is 0 Å². The first-order valence-electron chi connectivity index (χ1n) is 6.16. The number of carbonyl (C=O) groups is 3. The van der Waals surface area contributed by atoms with Gasteiger partial charge in [-0.15, -0.1) is 0 Å². The summed E-state index contributed by atoms with van der Waals surface area (Å²) in [5.74, 6) is -2.15. The molecule has 9 heteroatoms. The van der Waals surface area contributed by atoms with E-state index in [1.165, 1.54) is 4.90 Å². The Kier molecular flexibility index (Phi) is 5.71. The molecule has 0 aromatic carbocycles. The minimum Gasteiger partial charge on any atom is -0.480 e. The molecule has 0 saturated carbocycles. The predicted octanol–water partition coefficient (Wildman–Crippen LogP) is -1.89. The number of nitrogens with two attached hydrogens (primary N) is 1. The van der Waals surface area contributed by atoms with Crippen LogP contribution >= 0.6 is 0 Å². The number of aliphatic carboxylic acids is 1. The molecule has 1 aliphatic heterocycles. The summed E-state index contributed by atoms with van der Waals surface area (Å²) in [5.41, 5.74) is 4.93. The summed E-state index contributed by atoms with van der Waals surface area (Å²) in [7, 11) is 0. The number of morpholine rings is 1. The highest BCUT2D eigenvalue weighted by Crippen LogP contribution is 2.11. The van der Waals surface area contributed by atoms with Crippen LogP contribution in [0.5, 0.6) is 0 Å². The summed E-state index contributed by atoms with van der Waals surface area (Å²) in [5, 5.41) is 20.2. The zero-order valence-corrected chi connectivity index (χ0v) is 11.1. The van der Waals surface area contributed by atoms with Crippen molar-refractivity contribution in [3.05, 3.63) is 0 Å². The fourth-order valence-electron chi connectivity index (χ4n) is 1.95. The van der Waals surface area contributed by atoms with Crippen molar-refractivity contribution in [2.75, 3.05) is 19.7 Å². The van der Waals surface area contributed by atoms with E-state index >= 15 is 0 Å². The van der Waals surface area contributed by atoms with E-state index in [0.29, 0.717) is 0 Å². The predicted molar refractivity (Wildman–Crippen MR) is 66.8 cm³/mol. The molecule has 3 unspecified atom stereocenters. The molecule has 1 saturated heterocycles. The molecule has 20 heavy (non-hydrogen) atoms. The molecule has 0 aromatic heterocycles. The monoisotopic (exact) mass is 289 g/mol. The molecule has 0 bridgehead atoms. The maximum Gasteiger partial charge on any atom is 0.326 e. The number of amides is 3. The Hall–Kier alpha value is -1.87. The summed E-state index contributed by atoms with van der Waals surface area (Å²) in [4.78, 5) is 35.0. The van der Waals surface area contributed by atoms with Gasteiger partial charge in [-0.05, 0) is 6.92 Å². The Labute approximate surface area is 115 Å². The van der Waals surface area contributed by atoms with Crippen molar-refractivity contribution in [1.29, 1.82) is 0 Å². The molecule has 9 nitrogen and oxygen atoms in total. The van der Waals surface area contributed by atoms with E-state index in [1.54, 1.807) is 6.92 Å². The third-order valence-corrected chi connectivity index (χ3v) is 2.82. The number of primary amides is 1. The van der Waals surface area contributed by atoms with Crippen LogP contribution in [0.3, 0.4) is 0 Å². The van der Waals surface area contributed by atoms with Crippen LogP contribution in [0.4, 0.5) is 4.79 Å². The van der Waals surface area contributed by atoms with Gasteiger partial charge in [0.1, 0.15) is 6.04 Å².